The third-order valence-corrected chi connectivity index (χ3v) is 4.54. The van der Waals surface area contributed by atoms with Gasteiger partial charge in [-0.05, 0) is 31.0 Å². The Kier molecular flexibility index (Phi) is 4.85. The molecule has 1 amide bonds. The normalized spacial score (nSPS) is 15.3. The summed E-state index contributed by atoms with van der Waals surface area (Å²) in [5, 5.41) is 4.90. The summed E-state index contributed by atoms with van der Waals surface area (Å²) in [6.07, 6.45) is 2.95. The van der Waals surface area contributed by atoms with Crippen LogP contribution in [0.1, 0.15) is 23.3 Å². The van der Waals surface area contributed by atoms with Crippen LogP contribution in [-0.2, 0) is 9.53 Å². The van der Waals surface area contributed by atoms with Crippen molar-refractivity contribution in [2.45, 2.75) is 12.8 Å². The second kappa shape index (κ2) is 7.05. The molecule has 24 heavy (non-hydrogen) atoms. The van der Waals surface area contributed by atoms with Crippen LogP contribution in [0.4, 0.5) is 0 Å². The van der Waals surface area contributed by atoms with E-state index in [9.17, 15) is 9.59 Å². The summed E-state index contributed by atoms with van der Waals surface area (Å²) in [7, 11) is 1.39. The number of piperidine rings is 1. The lowest BCUT2D eigenvalue weighted by Crippen LogP contribution is -2.40. The molecule has 2 aromatic rings. The van der Waals surface area contributed by atoms with Crippen molar-refractivity contribution in [1.29, 1.82) is 0 Å². The summed E-state index contributed by atoms with van der Waals surface area (Å²) < 4.78 is 6.36. The van der Waals surface area contributed by atoms with Gasteiger partial charge in [-0.25, -0.2) is 4.68 Å². The predicted octanol–water partition coefficient (Wildman–Crippen LogP) is 2.55. The van der Waals surface area contributed by atoms with Crippen LogP contribution >= 0.6 is 11.6 Å². The molecule has 0 bridgehead atoms. The molecule has 1 aliphatic rings. The predicted molar refractivity (Wildman–Crippen MR) is 89.2 cm³/mol. The van der Waals surface area contributed by atoms with Crippen molar-refractivity contribution in [2.75, 3.05) is 20.2 Å². The first kappa shape index (κ1) is 16.5. The van der Waals surface area contributed by atoms with E-state index in [4.69, 9.17) is 16.3 Å². The first-order valence-corrected chi connectivity index (χ1v) is 8.15. The lowest BCUT2D eigenvalue weighted by molar-refractivity contribution is -0.146. The van der Waals surface area contributed by atoms with Crippen molar-refractivity contribution in [3.63, 3.8) is 0 Å². The van der Waals surface area contributed by atoms with E-state index in [0.717, 1.165) is 5.69 Å². The van der Waals surface area contributed by atoms with E-state index in [1.165, 1.54) is 7.11 Å². The van der Waals surface area contributed by atoms with Crippen molar-refractivity contribution in [3.05, 3.63) is 47.2 Å². The van der Waals surface area contributed by atoms with Gasteiger partial charge in [-0.2, -0.15) is 5.10 Å². The number of methoxy groups -OCH3 is 1. The third-order valence-electron chi connectivity index (χ3n) is 4.22. The molecule has 0 radical (unpaired) electrons. The van der Waals surface area contributed by atoms with E-state index in [1.54, 1.807) is 27.9 Å². The van der Waals surface area contributed by atoms with Crippen LogP contribution in [0.2, 0.25) is 5.02 Å². The van der Waals surface area contributed by atoms with Gasteiger partial charge in [-0.15, -0.1) is 0 Å². The van der Waals surface area contributed by atoms with Crippen molar-refractivity contribution in [3.8, 4) is 5.69 Å². The second-order valence-electron chi connectivity index (χ2n) is 5.69. The molecule has 3 rings (SSSR count). The van der Waals surface area contributed by atoms with Gasteiger partial charge in [0, 0.05) is 19.3 Å². The molecule has 1 saturated heterocycles. The maximum atomic E-state index is 12.6. The number of carbonyl (C=O) groups is 2. The lowest BCUT2D eigenvalue weighted by Gasteiger charge is -2.30. The summed E-state index contributed by atoms with van der Waals surface area (Å²) in [5.41, 5.74) is 1.09. The first-order valence-electron chi connectivity index (χ1n) is 7.78. The van der Waals surface area contributed by atoms with E-state index in [2.05, 4.69) is 5.10 Å². The largest absolute Gasteiger partial charge is 0.469 e. The minimum atomic E-state index is -0.204. The van der Waals surface area contributed by atoms with Gasteiger partial charge in [0.25, 0.3) is 5.91 Å². The highest BCUT2D eigenvalue weighted by atomic mass is 35.5. The Labute approximate surface area is 145 Å². The number of likely N-dealkylation sites (tertiary alicyclic amines) is 1. The number of ether oxygens (including phenoxy) is 1. The third kappa shape index (κ3) is 3.28. The zero-order chi connectivity index (χ0) is 17.1. The topological polar surface area (TPSA) is 64.4 Å². The summed E-state index contributed by atoms with van der Waals surface area (Å²) in [6.45, 7) is 1.05. The molecular weight excluding hydrogens is 330 g/mol. The lowest BCUT2D eigenvalue weighted by atomic mass is 9.97. The molecule has 1 aliphatic heterocycles. The van der Waals surface area contributed by atoms with Gasteiger partial charge < -0.3 is 9.64 Å². The Morgan fingerprint density at radius 2 is 1.92 bits per heavy atom. The maximum Gasteiger partial charge on any atom is 0.308 e. The fourth-order valence-corrected chi connectivity index (χ4v) is 3.08. The van der Waals surface area contributed by atoms with Crippen LogP contribution < -0.4 is 0 Å². The fraction of sp³-hybridized carbons (Fsp3) is 0.353. The molecule has 0 atom stereocenters. The van der Waals surface area contributed by atoms with Crippen molar-refractivity contribution >= 4 is 23.5 Å². The molecule has 7 heteroatoms. The van der Waals surface area contributed by atoms with E-state index < -0.39 is 0 Å². The summed E-state index contributed by atoms with van der Waals surface area (Å²) >= 11 is 6.16. The number of halogens is 1. The zero-order valence-electron chi connectivity index (χ0n) is 13.3. The standard InChI is InChI=1S/C17H18ClN3O3/c1-24-17(23)12-6-9-20(10-7-12)16(22)14-8-11-21(19-14)15-5-3-2-4-13(15)18/h2-5,8,11-12H,6-7,9-10H2,1H3. The highest BCUT2D eigenvalue weighted by Gasteiger charge is 2.29. The molecule has 0 aliphatic carbocycles. The number of rotatable bonds is 3. The van der Waals surface area contributed by atoms with Crippen molar-refractivity contribution in [1.82, 2.24) is 14.7 Å². The van der Waals surface area contributed by atoms with Crippen LogP contribution in [-0.4, -0.2) is 46.8 Å². The maximum absolute atomic E-state index is 12.6. The Morgan fingerprint density at radius 3 is 2.58 bits per heavy atom. The smallest absolute Gasteiger partial charge is 0.308 e. The number of amides is 1. The number of benzene rings is 1. The SMILES string of the molecule is COC(=O)C1CCN(C(=O)c2ccn(-c3ccccc3Cl)n2)CC1. The average molecular weight is 348 g/mol. The summed E-state index contributed by atoms with van der Waals surface area (Å²) in [6, 6.07) is 9.00. The van der Waals surface area contributed by atoms with Gasteiger partial charge in [0.2, 0.25) is 0 Å². The quantitative estimate of drug-likeness (QED) is 0.800. The molecular formula is C17H18ClN3O3. The Balaban J connectivity index is 1.69. The highest BCUT2D eigenvalue weighted by Crippen LogP contribution is 2.21. The molecule has 6 nitrogen and oxygen atoms in total. The van der Waals surface area contributed by atoms with Gasteiger partial charge in [-0.1, -0.05) is 23.7 Å². The van der Waals surface area contributed by atoms with E-state index in [1.807, 2.05) is 18.2 Å². The van der Waals surface area contributed by atoms with Crippen LogP contribution in [0, 0.1) is 5.92 Å². The molecule has 0 N–H and O–H groups in total. The molecule has 1 aromatic carbocycles. The Bertz CT molecular complexity index is 751. The molecule has 0 saturated carbocycles. The summed E-state index contributed by atoms with van der Waals surface area (Å²) in [5.74, 6) is -0.464. The average Bonchev–Trinajstić information content (AvgIpc) is 3.11. The Hall–Kier alpha value is -2.34. The monoisotopic (exact) mass is 347 g/mol. The highest BCUT2D eigenvalue weighted by molar-refractivity contribution is 6.32. The van der Waals surface area contributed by atoms with Gasteiger partial charge in [0.1, 0.15) is 0 Å². The van der Waals surface area contributed by atoms with E-state index >= 15 is 0 Å². The summed E-state index contributed by atoms with van der Waals surface area (Å²) in [4.78, 5) is 25.8. The molecule has 0 spiro atoms. The van der Waals surface area contributed by atoms with Crippen LogP contribution in [0.25, 0.3) is 5.69 Å². The fourth-order valence-electron chi connectivity index (χ4n) is 2.86. The number of carbonyl (C=O) groups excluding carboxylic acids is 2. The number of hydrogen-bond donors (Lipinski definition) is 0. The van der Waals surface area contributed by atoms with E-state index in [0.29, 0.717) is 36.6 Å². The molecule has 126 valence electrons. The number of esters is 1. The molecule has 0 unspecified atom stereocenters. The zero-order valence-corrected chi connectivity index (χ0v) is 14.1. The molecule has 1 fully saturated rings. The van der Waals surface area contributed by atoms with Gasteiger partial charge >= 0.3 is 5.97 Å². The molecule has 2 heterocycles. The van der Waals surface area contributed by atoms with Gasteiger partial charge in [0.05, 0.1) is 23.7 Å². The number of nitrogens with zero attached hydrogens (tertiary/aromatic N) is 3. The van der Waals surface area contributed by atoms with E-state index in [-0.39, 0.29) is 17.8 Å². The minimum absolute atomic E-state index is 0.125. The number of aromatic nitrogens is 2. The van der Waals surface area contributed by atoms with Crippen molar-refractivity contribution in [2.24, 2.45) is 5.92 Å². The number of para-hydroxylation sites is 1. The minimum Gasteiger partial charge on any atom is -0.469 e. The van der Waals surface area contributed by atoms with Gasteiger partial charge in [0.15, 0.2) is 5.69 Å². The van der Waals surface area contributed by atoms with Crippen LogP contribution in [0.3, 0.4) is 0 Å². The van der Waals surface area contributed by atoms with Gasteiger partial charge in [-0.3, -0.25) is 9.59 Å². The second-order valence-corrected chi connectivity index (χ2v) is 6.09. The van der Waals surface area contributed by atoms with Crippen LogP contribution in [0.5, 0.6) is 0 Å². The molecule has 1 aromatic heterocycles. The van der Waals surface area contributed by atoms with Crippen LogP contribution in [0.15, 0.2) is 36.5 Å². The number of hydrogen-bond acceptors (Lipinski definition) is 4. The Morgan fingerprint density at radius 1 is 1.21 bits per heavy atom. The van der Waals surface area contributed by atoms with Crippen molar-refractivity contribution < 1.29 is 14.3 Å². The first-order chi connectivity index (χ1) is 11.6.